The summed E-state index contributed by atoms with van der Waals surface area (Å²) >= 11 is 0. The Morgan fingerprint density at radius 3 is 2.51 bits per heavy atom. The third-order valence-corrected chi connectivity index (χ3v) is 7.48. The van der Waals surface area contributed by atoms with Crippen LogP contribution in [0.15, 0.2) is 59.2 Å². The van der Waals surface area contributed by atoms with Crippen molar-refractivity contribution in [2.75, 3.05) is 7.11 Å². The average Bonchev–Trinajstić information content (AvgIpc) is 3.47. The van der Waals surface area contributed by atoms with Crippen molar-refractivity contribution < 1.29 is 18.7 Å². The molecule has 1 N–H and O–H groups in total. The minimum Gasteiger partial charge on any atom is -0.496 e. The van der Waals surface area contributed by atoms with Crippen molar-refractivity contribution in [3.8, 4) is 17.2 Å². The molecule has 0 spiro atoms. The molecule has 0 bridgehead atoms. The van der Waals surface area contributed by atoms with Gasteiger partial charge in [0, 0.05) is 11.6 Å². The Balaban J connectivity index is 1.53. The second-order valence-corrected chi connectivity index (χ2v) is 9.81. The van der Waals surface area contributed by atoms with Gasteiger partial charge in [-0.1, -0.05) is 43.9 Å². The molecule has 1 saturated carbocycles. The van der Waals surface area contributed by atoms with E-state index in [1.165, 1.54) is 12.8 Å². The Morgan fingerprint density at radius 1 is 1.06 bits per heavy atom. The zero-order valence-corrected chi connectivity index (χ0v) is 20.5. The summed E-state index contributed by atoms with van der Waals surface area (Å²) in [6.07, 6.45) is 8.24. The number of nitrogens with zero attached hydrogens (tertiary/aromatic N) is 2. The summed E-state index contributed by atoms with van der Waals surface area (Å²) in [5, 5.41) is 3.31. The van der Waals surface area contributed by atoms with E-state index in [2.05, 4.69) is 5.32 Å². The van der Waals surface area contributed by atoms with Gasteiger partial charge in [-0.25, -0.2) is 0 Å². The third-order valence-electron chi connectivity index (χ3n) is 7.48. The molecule has 3 heterocycles. The quantitative estimate of drug-likeness (QED) is 0.509. The van der Waals surface area contributed by atoms with Gasteiger partial charge in [0.05, 0.1) is 32.2 Å². The SMILES string of the molecule is COc1ccccc1CN1C(=O)c2ccc(-c3ccco3)n2C[C@]1(C)C(=O)NC1CCCCCC1. The monoisotopic (exact) mass is 475 g/mol. The maximum atomic E-state index is 14.0. The van der Waals surface area contributed by atoms with Crippen LogP contribution in [0.1, 0.15) is 61.5 Å². The van der Waals surface area contributed by atoms with Crippen molar-refractivity contribution in [2.24, 2.45) is 0 Å². The van der Waals surface area contributed by atoms with Crippen LogP contribution in [-0.2, 0) is 17.9 Å². The van der Waals surface area contributed by atoms with Crippen molar-refractivity contribution in [3.05, 3.63) is 66.1 Å². The lowest BCUT2D eigenvalue weighted by Crippen LogP contribution is -2.64. The van der Waals surface area contributed by atoms with Crippen molar-refractivity contribution >= 4 is 11.8 Å². The maximum absolute atomic E-state index is 14.0. The Kier molecular flexibility index (Phi) is 6.41. The molecule has 2 aromatic heterocycles. The van der Waals surface area contributed by atoms with Crippen LogP contribution in [0, 0.1) is 0 Å². The van der Waals surface area contributed by atoms with Gasteiger partial charge in [0.25, 0.3) is 5.91 Å². The number of para-hydroxylation sites is 1. The van der Waals surface area contributed by atoms with Gasteiger partial charge in [-0.3, -0.25) is 9.59 Å². The van der Waals surface area contributed by atoms with E-state index in [4.69, 9.17) is 9.15 Å². The number of rotatable bonds is 6. The minimum atomic E-state index is -1.09. The number of carbonyl (C=O) groups excluding carboxylic acids is 2. The predicted octanol–water partition coefficient (Wildman–Crippen LogP) is 5.01. The van der Waals surface area contributed by atoms with Crippen molar-refractivity contribution in [1.29, 1.82) is 0 Å². The molecule has 0 radical (unpaired) electrons. The second-order valence-electron chi connectivity index (χ2n) is 9.81. The molecular weight excluding hydrogens is 442 g/mol. The Bertz CT molecular complexity index is 1190. The molecule has 0 unspecified atom stereocenters. The first-order valence-corrected chi connectivity index (χ1v) is 12.5. The molecule has 3 aromatic rings. The summed E-state index contributed by atoms with van der Waals surface area (Å²) in [6, 6.07) is 15.2. The number of aromatic nitrogens is 1. The molecule has 1 fully saturated rings. The summed E-state index contributed by atoms with van der Waals surface area (Å²) in [5.41, 5.74) is 1.12. The normalized spacial score (nSPS) is 20.9. The van der Waals surface area contributed by atoms with Crippen LogP contribution in [0.4, 0.5) is 0 Å². The van der Waals surface area contributed by atoms with Crippen molar-refractivity contribution in [3.63, 3.8) is 0 Å². The van der Waals surface area contributed by atoms with Crippen LogP contribution in [0.25, 0.3) is 11.5 Å². The molecule has 2 amide bonds. The lowest BCUT2D eigenvalue weighted by atomic mass is 9.92. The smallest absolute Gasteiger partial charge is 0.271 e. The summed E-state index contributed by atoms with van der Waals surface area (Å²) < 4.78 is 13.1. The zero-order valence-electron chi connectivity index (χ0n) is 20.5. The van der Waals surface area contributed by atoms with Crippen LogP contribution in [0.3, 0.4) is 0 Å². The molecule has 7 heteroatoms. The van der Waals surface area contributed by atoms with Crippen LogP contribution in [-0.4, -0.2) is 40.0 Å². The minimum absolute atomic E-state index is 0.114. The third kappa shape index (κ3) is 4.35. The zero-order chi connectivity index (χ0) is 24.4. The number of furan rings is 1. The molecule has 7 nitrogen and oxygen atoms in total. The van der Waals surface area contributed by atoms with E-state index in [9.17, 15) is 9.59 Å². The van der Waals surface area contributed by atoms with Crippen LogP contribution < -0.4 is 10.1 Å². The first kappa shape index (κ1) is 23.3. The van der Waals surface area contributed by atoms with E-state index in [1.54, 1.807) is 18.3 Å². The number of nitrogens with one attached hydrogen (secondary N) is 1. The molecule has 5 rings (SSSR count). The molecular formula is C28H33N3O4. The molecule has 1 aliphatic heterocycles. The molecule has 0 saturated heterocycles. The highest BCUT2D eigenvalue weighted by Crippen LogP contribution is 2.35. The summed E-state index contributed by atoms with van der Waals surface area (Å²) in [7, 11) is 1.62. The largest absolute Gasteiger partial charge is 0.496 e. The lowest BCUT2D eigenvalue weighted by molar-refractivity contribution is -0.134. The fourth-order valence-corrected chi connectivity index (χ4v) is 5.43. The highest BCUT2D eigenvalue weighted by Gasteiger charge is 2.48. The van der Waals surface area contributed by atoms with Gasteiger partial charge in [0.15, 0.2) is 0 Å². The average molecular weight is 476 g/mol. The predicted molar refractivity (Wildman–Crippen MR) is 133 cm³/mol. The fraction of sp³-hybridized carbons (Fsp3) is 0.429. The maximum Gasteiger partial charge on any atom is 0.271 e. The Morgan fingerprint density at radius 2 is 1.80 bits per heavy atom. The number of methoxy groups -OCH3 is 1. The number of amides is 2. The van der Waals surface area contributed by atoms with Gasteiger partial charge >= 0.3 is 0 Å². The van der Waals surface area contributed by atoms with Gasteiger partial charge in [-0.15, -0.1) is 0 Å². The summed E-state index contributed by atoms with van der Waals surface area (Å²) in [6.45, 7) is 2.49. The number of ether oxygens (including phenoxy) is 1. The Labute approximate surface area is 206 Å². The van der Waals surface area contributed by atoms with E-state index >= 15 is 0 Å². The van der Waals surface area contributed by atoms with Gasteiger partial charge in [-0.2, -0.15) is 0 Å². The standard InChI is InChI=1S/C28H33N3O4/c1-28(27(33)29-21-11-5-3-4-6-12-21)19-30-22(25-14-9-17-35-25)15-16-23(30)26(32)31(28)18-20-10-7-8-13-24(20)34-2/h7-10,13-17,21H,3-6,11-12,18-19H2,1-2H3,(H,29,33)/t28-/m1/s1. The van der Waals surface area contributed by atoms with E-state index < -0.39 is 5.54 Å². The highest BCUT2D eigenvalue weighted by atomic mass is 16.5. The van der Waals surface area contributed by atoms with Crippen LogP contribution >= 0.6 is 0 Å². The van der Waals surface area contributed by atoms with E-state index in [-0.39, 0.29) is 24.4 Å². The molecule has 35 heavy (non-hydrogen) atoms. The van der Waals surface area contributed by atoms with Crippen molar-refractivity contribution in [1.82, 2.24) is 14.8 Å². The molecule has 1 aliphatic carbocycles. The van der Waals surface area contributed by atoms with Crippen LogP contribution in [0.2, 0.25) is 0 Å². The lowest BCUT2D eigenvalue weighted by Gasteiger charge is -2.45. The van der Waals surface area contributed by atoms with Crippen LogP contribution in [0.5, 0.6) is 5.75 Å². The summed E-state index contributed by atoms with van der Waals surface area (Å²) in [5.74, 6) is 1.08. The fourth-order valence-electron chi connectivity index (χ4n) is 5.43. The van der Waals surface area contributed by atoms with E-state index in [0.717, 1.165) is 36.9 Å². The van der Waals surface area contributed by atoms with Gasteiger partial charge < -0.3 is 23.9 Å². The number of benzene rings is 1. The highest BCUT2D eigenvalue weighted by molar-refractivity contribution is 6.00. The summed E-state index contributed by atoms with van der Waals surface area (Å²) in [4.78, 5) is 29.6. The van der Waals surface area contributed by atoms with Gasteiger partial charge in [-0.05, 0) is 50.1 Å². The van der Waals surface area contributed by atoms with E-state index in [0.29, 0.717) is 23.7 Å². The van der Waals surface area contributed by atoms with Gasteiger partial charge in [0.1, 0.15) is 22.7 Å². The number of carbonyl (C=O) groups is 2. The number of hydrogen-bond acceptors (Lipinski definition) is 4. The van der Waals surface area contributed by atoms with Crippen molar-refractivity contribution in [2.45, 2.75) is 70.1 Å². The molecule has 1 aromatic carbocycles. The first-order valence-electron chi connectivity index (χ1n) is 12.5. The number of fused-ring (bicyclic) bond motifs is 1. The Hall–Kier alpha value is -3.48. The van der Waals surface area contributed by atoms with Gasteiger partial charge in [0.2, 0.25) is 5.91 Å². The molecule has 1 atom stereocenters. The first-order chi connectivity index (χ1) is 17.0. The molecule has 184 valence electrons. The topological polar surface area (TPSA) is 76.7 Å². The molecule has 2 aliphatic rings. The second kappa shape index (κ2) is 9.64. The number of hydrogen-bond donors (Lipinski definition) is 1. The van der Waals surface area contributed by atoms with E-state index in [1.807, 2.05) is 60.0 Å².